The van der Waals surface area contributed by atoms with Gasteiger partial charge in [0.05, 0.1) is 0 Å². The van der Waals surface area contributed by atoms with Crippen LogP contribution >= 0.6 is 11.8 Å². The summed E-state index contributed by atoms with van der Waals surface area (Å²) in [5.74, 6) is 2.46. The third kappa shape index (κ3) is 3.50. The summed E-state index contributed by atoms with van der Waals surface area (Å²) in [5, 5.41) is 12.6. The van der Waals surface area contributed by atoms with Crippen LogP contribution in [0.1, 0.15) is 31.2 Å². The largest absolute Gasteiger partial charge is 0.396 e. The summed E-state index contributed by atoms with van der Waals surface area (Å²) in [6.07, 6.45) is 2.06. The van der Waals surface area contributed by atoms with E-state index in [-0.39, 0.29) is 0 Å². The molecule has 0 aliphatic carbocycles. The molecule has 0 aromatic heterocycles. The lowest BCUT2D eigenvalue weighted by Gasteiger charge is -2.17. The Morgan fingerprint density at radius 2 is 2.28 bits per heavy atom. The third-order valence-corrected chi connectivity index (χ3v) is 4.99. The predicted molar refractivity (Wildman–Crippen MR) is 78.3 cm³/mol. The van der Waals surface area contributed by atoms with Crippen LogP contribution in [0.15, 0.2) is 29.2 Å². The quantitative estimate of drug-likeness (QED) is 0.795. The molecule has 1 aliphatic heterocycles. The zero-order chi connectivity index (χ0) is 12.8. The predicted octanol–water partition coefficient (Wildman–Crippen LogP) is 2.87. The minimum absolute atomic E-state index is 0.308. The number of hydrogen-bond donors (Lipinski definition) is 2. The smallest absolute Gasteiger partial charge is 0.0434 e. The van der Waals surface area contributed by atoms with Gasteiger partial charge in [0.1, 0.15) is 0 Å². The Hall–Kier alpha value is -0.510. The van der Waals surface area contributed by atoms with Crippen LogP contribution in [0.25, 0.3) is 0 Å². The lowest BCUT2D eigenvalue weighted by Crippen LogP contribution is -2.27. The highest BCUT2D eigenvalue weighted by Gasteiger charge is 2.22. The molecule has 2 rings (SSSR count). The molecule has 0 fully saturated rings. The molecule has 0 bridgehead atoms. The second-order valence-corrected chi connectivity index (χ2v) is 6.05. The Labute approximate surface area is 114 Å². The normalized spacial score (nSPS) is 19.8. The number of aliphatic hydroxyl groups excluding tert-OH is 1. The summed E-state index contributed by atoms with van der Waals surface area (Å²) in [6, 6.07) is 8.74. The fourth-order valence-electron chi connectivity index (χ4n) is 2.49. The van der Waals surface area contributed by atoms with E-state index >= 15 is 0 Å². The number of hydrogen-bond acceptors (Lipinski definition) is 3. The van der Waals surface area contributed by atoms with Crippen molar-refractivity contribution in [1.29, 1.82) is 0 Å². The molecule has 1 aliphatic rings. The molecule has 2 atom stereocenters. The minimum Gasteiger partial charge on any atom is -0.396 e. The van der Waals surface area contributed by atoms with Gasteiger partial charge in [-0.3, -0.25) is 0 Å². The summed E-state index contributed by atoms with van der Waals surface area (Å²) in [4.78, 5) is 1.45. The van der Waals surface area contributed by atoms with Gasteiger partial charge in [-0.05, 0) is 30.5 Å². The van der Waals surface area contributed by atoms with Crippen molar-refractivity contribution >= 4 is 11.8 Å². The van der Waals surface area contributed by atoms with Crippen LogP contribution in [0.5, 0.6) is 0 Å². The zero-order valence-electron chi connectivity index (χ0n) is 11.1. The van der Waals surface area contributed by atoms with Crippen molar-refractivity contribution in [2.24, 2.45) is 5.92 Å². The van der Waals surface area contributed by atoms with Crippen molar-refractivity contribution < 1.29 is 5.11 Å². The van der Waals surface area contributed by atoms with Gasteiger partial charge in [0.2, 0.25) is 0 Å². The average molecular weight is 265 g/mol. The second-order valence-electron chi connectivity index (χ2n) is 4.99. The lowest BCUT2D eigenvalue weighted by atomic mass is 10.00. The highest BCUT2D eigenvalue weighted by atomic mass is 32.2. The minimum atomic E-state index is 0.308. The summed E-state index contributed by atoms with van der Waals surface area (Å²) >= 11 is 1.97. The van der Waals surface area contributed by atoms with E-state index in [1.165, 1.54) is 16.2 Å². The number of rotatable bonds is 7. The third-order valence-electron chi connectivity index (χ3n) is 3.74. The van der Waals surface area contributed by atoms with E-state index < -0.39 is 0 Å². The molecular formula is C15H23NOS. The Morgan fingerprint density at radius 1 is 1.44 bits per heavy atom. The van der Waals surface area contributed by atoms with Gasteiger partial charge in [-0.15, -0.1) is 11.8 Å². The molecule has 1 aromatic carbocycles. The Balaban J connectivity index is 1.78. The van der Waals surface area contributed by atoms with Gasteiger partial charge in [0.15, 0.2) is 0 Å². The SMILES string of the molecule is CCC(CCO)CNCC1CSc2ccccc21. The number of nitrogens with one attached hydrogen (secondary N) is 1. The molecule has 2 unspecified atom stereocenters. The van der Waals surface area contributed by atoms with Gasteiger partial charge in [-0.25, -0.2) is 0 Å². The van der Waals surface area contributed by atoms with E-state index in [4.69, 9.17) is 5.11 Å². The van der Waals surface area contributed by atoms with Crippen molar-refractivity contribution in [3.63, 3.8) is 0 Å². The fraction of sp³-hybridized carbons (Fsp3) is 0.600. The van der Waals surface area contributed by atoms with E-state index in [2.05, 4.69) is 36.5 Å². The van der Waals surface area contributed by atoms with Crippen LogP contribution in [-0.4, -0.2) is 30.6 Å². The van der Waals surface area contributed by atoms with Gasteiger partial charge in [0, 0.05) is 29.7 Å². The standard InChI is InChI=1S/C15H23NOS/c1-2-12(7-8-17)9-16-10-13-11-18-15-6-4-3-5-14(13)15/h3-6,12-13,16-17H,2,7-11H2,1H3. The number of aliphatic hydroxyl groups is 1. The Bertz CT molecular complexity index is 369. The first-order valence-corrected chi connectivity index (χ1v) is 7.87. The topological polar surface area (TPSA) is 32.3 Å². The Morgan fingerprint density at radius 3 is 3.06 bits per heavy atom. The molecule has 0 spiro atoms. The summed E-state index contributed by atoms with van der Waals surface area (Å²) in [5.41, 5.74) is 1.50. The molecule has 0 saturated carbocycles. The van der Waals surface area contributed by atoms with E-state index in [9.17, 15) is 0 Å². The van der Waals surface area contributed by atoms with Crippen molar-refractivity contribution in [2.75, 3.05) is 25.4 Å². The molecule has 2 nitrogen and oxygen atoms in total. The molecule has 100 valence electrons. The van der Waals surface area contributed by atoms with Crippen LogP contribution in [0.4, 0.5) is 0 Å². The molecule has 2 N–H and O–H groups in total. The highest BCUT2D eigenvalue weighted by molar-refractivity contribution is 7.99. The van der Waals surface area contributed by atoms with Crippen molar-refractivity contribution in [3.05, 3.63) is 29.8 Å². The summed E-state index contributed by atoms with van der Waals surface area (Å²) < 4.78 is 0. The van der Waals surface area contributed by atoms with Crippen molar-refractivity contribution in [2.45, 2.75) is 30.6 Å². The Kier molecular flexibility index (Phi) is 5.54. The fourth-order valence-corrected chi connectivity index (χ4v) is 3.75. The maximum Gasteiger partial charge on any atom is 0.0434 e. The second kappa shape index (κ2) is 7.17. The zero-order valence-corrected chi connectivity index (χ0v) is 11.9. The molecule has 1 heterocycles. The summed E-state index contributed by atoms with van der Waals surface area (Å²) in [7, 11) is 0. The lowest BCUT2D eigenvalue weighted by molar-refractivity contribution is 0.251. The van der Waals surface area contributed by atoms with Crippen LogP contribution < -0.4 is 5.32 Å². The van der Waals surface area contributed by atoms with E-state index in [1.54, 1.807) is 0 Å². The number of fused-ring (bicyclic) bond motifs is 1. The maximum absolute atomic E-state index is 8.98. The van der Waals surface area contributed by atoms with E-state index in [1.807, 2.05) is 11.8 Å². The monoisotopic (exact) mass is 265 g/mol. The van der Waals surface area contributed by atoms with Gasteiger partial charge in [-0.2, -0.15) is 0 Å². The van der Waals surface area contributed by atoms with E-state index in [0.29, 0.717) is 18.4 Å². The highest BCUT2D eigenvalue weighted by Crippen LogP contribution is 2.38. The molecule has 3 heteroatoms. The molecule has 0 saturated heterocycles. The van der Waals surface area contributed by atoms with Crippen LogP contribution in [0, 0.1) is 5.92 Å². The van der Waals surface area contributed by atoms with Gasteiger partial charge < -0.3 is 10.4 Å². The average Bonchev–Trinajstić information content (AvgIpc) is 2.81. The van der Waals surface area contributed by atoms with Gasteiger partial charge in [0.25, 0.3) is 0 Å². The first kappa shape index (κ1) is 13.9. The maximum atomic E-state index is 8.98. The molecule has 18 heavy (non-hydrogen) atoms. The molecule has 1 aromatic rings. The first-order chi connectivity index (χ1) is 8.85. The molecule has 0 radical (unpaired) electrons. The summed E-state index contributed by atoms with van der Waals surface area (Å²) in [6.45, 7) is 4.59. The number of benzene rings is 1. The van der Waals surface area contributed by atoms with Crippen molar-refractivity contribution in [1.82, 2.24) is 5.32 Å². The van der Waals surface area contributed by atoms with Crippen LogP contribution in [-0.2, 0) is 0 Å². The number of thioether (sulfide) groups is 1. The van der Waals surface area contributed by atoms with E-state index in [0.717, 1.165) is 25.9 Å². The van der Waals surface area contributed by atoms with Crippen molar-refractivity contribution in [3.8, 4) is 0 Å². The van der Waals surface area contributed by atoms with Crippen LogP contribution in [0.3, 0.4) is 0 Å². The molecular weight excluding hydrogens is 242 g/mol. The van der Waals surface area contributed by atoms with Gasteiger partial charge >= 0.3 is 0 Å². The van der Waals surface area contributed by atoms with Crippen LogP contribution in [0.2, 0.25) is 0 Å². The first-order valence-electron chi connectivity index (χ1n) is 6.88. The molecule has 0 amide bonds. The van der Waals surface area contributed by atoms with Gasteiger partial charge in [-0.1, -0.05) is 31.5 Å².